The van der Waals surface area contributed by atoms with Crippen molar-refractivity contribution in [2.75, 3.05) is 13.1 Å². The molecule has 7 nitrogen and oxygen atoms in total. The van der Waals surface area contributed by atoms with Crippen LogP contribution in [0, 0.1) is 12.8 Å². The molecule has 1 aliphatic rings. The van der Waals surface area contributed by atoms with Crippen LogP contribution in [0.25, 0.3) is 5.65 Å². The Morgan fingerprint density at radius 1 is 1.25 bits per heavy atom. The van der Waals surface area contributed by atoms with Gasteiger partial charge in [-0.2, -0.15) is 18.3 Å². The van der Waals surface area contributed by atoms with E-state index in [2.05, 4.69) is 15.1 Å². The van der Waals surface area contributed by atoms with Crippen LogP contribution in [0.5, 0.6) is 0 Å². The number of aromatic nitrogens is 5. The highest BCUT2D eigenvalue weighted by Gasteiger charge is 2.37. The summed E-state index contributed by atoms with van der Waals surface area (Å²) in [5, 5.41) is 4.26. The Kier molecular flexibility index (Phi) is 5.72. The van der Waals surface area contributed by atoms with E-state index in [9.17, 15) is 18.0 Å². The summed E-state index contributed by atoms with van der Waals surface area (Å²) in [5.74, 6) is 0.392. The first-order chi connectivity index (χ1) is 15.0. The highest BCUT2D eigenvalue weighted by Crippen LogP contribution is 2.33. The number of likely N-dealkylation sites (tertiary alicyclic amines) is 1. The molecule has 0 spiro atoms. The first-order valence-corrected chi connectivity index (χ1v) is 10.8. The monoisotopic (exact) mass is 448 g/mol. The number of alkyl halides is 3. The maximum atomic E-state index is 13.6. The number of hydrogen-bond acceptors (Lipinski definition) is 4. The van der Waals surface area contributed by atoms with Gasteiger partial charge < -0.3 is 9.47 Å². The van der Waals surface area contributed by atoms with Gasteiger partial charge in [-0.25, -0.2) is 14.5 Å². The Balaban J connectivity index is 1.54. The van der Waals surface area contributed by atoms with Crippen LogP contribution in [0.3, 0.4) is 0 Å². The average molecular weight is 448 g/mol. The fourth-order valence-corrected chi connectivity index (χ4v) is 4.19. The second-order valence-electron chi connectivity index (χ2n) is 8.86. The number of carbonyl (C=O) groups excluding carboxylic acids is 1. The van der Waals surface area contributed by atoms with Crippen molar-refractivity contribution in [1.82, 2.24) is 29.0 Å². The molecule has 1 amide bonds. The number of nitrogens with zero attached hydrogens (tertiary/aromatic N) is 6. The third-order valence-corrected chi connectivity index (χ3v) is 6.08. The molecule has 10 heteroatoms. The van der Waals surface area contributed by atoms with Gasteiger partial charge >= 0.3 is 6.18 Å². The number of amides is 1. The summed E-state index contributed by atoms with van der Waals surface area (Å²) in [5.41, 5.74) is 0.278. The van der Waals surface area contributed by atoms with E-state index in [1.807, 2.05) is 38.5 Å². The molecule has 0 aromatic carbocycles. The van der Waals surface area contributed by atoms with E-state index >= 15 is 0 Å². The second kappa shape index (κ2) is 8.22. The lowest BCUT2D eigenvalue weighted by atomic mass is 10.1. The number of rotatable bonds is 5. The zero-order chi connectivity index (χ0) is 23.2. The van der Waals surface area contributed by atoms with E-state index in [4.69, 9.17) is 0 Å². The summed E-state index contributed by atoms with van der Waals surface area (Å²) >= 11 is 0. The van der Waals surface area contributed by atoms with Crippen LogP contribution in [0.1, 0.15) is 61.9 Å². The third kappa shape index (κ3) is 4.22. The van der Waals surface area contributed by atoms with Crippen molar-refractivity contribution in [1.29, 1.82) is 0 Å². The lowest BCUT2D eigenvalue weighted by Gasteiger charge is -2.21. The van der Waals surface area contributed by atoms with E-state index in [-0.39, 0.29) is 29.3 Å². The standard InChI is InChI=1S/C22H27F3N6O/c1-13(2)17-9-19(22(23,24)25)31-20(27-17)10-18(28-31)16-5-7-30(12-16)21(32)14(3)11-29-8-6-26-15(29)4/h6,8-10,13-14,16H,5,7,11-12H2,1-4H3/t14-,16+/m0/s1. The normalized spacial score (nSPS) is 18.1. The highest BCUT2D eigenvalue weighted by atomic mass is 19.4. The van der Waals surface area contributed by atoms with Crippen LogP contribution in [-0.2, 0) is 17.5 Å². The highest BCUT2D eigenvalue weighted by molar-refractivity contribution is 5.78. The Labute approximate surface area is 184 Å². The molecule has 4 rings (SSSR count). The molecule has 1 aliphatic heterocycles. The van der Waals surface area contributed by atoms with Crippen molar-refractivity contribution in [3.63, 3.8) is 0 Å². The van der Waals surface area contributed by atoms with Gasteiger partial charge in [-0.05, 0) is 25.3 Å². The summed E-state index contributed by atoms with van der Waals surface area (Å²) in [7, 11) is 0. The molecule has 0 unspecified atom stereocenters. The van der Waals surface area contributed by atoms with Gasteiger partial charge in [-0.1, -0.05) is 20.8 Å². The Hall–Kier alpha value is -2.91. The molecule has 2 atom stereocenters. The van der Waals surface area contributed by atoms with Gasteiger partial charge in [0.15, 0.2) is 5.65 Å². The summed E-state index contributed by atoms with van der Waals surface area (Å²) in [4.78, 5) is 23.3. The fourth-order valence-electron chi connectivity index (χ4n) is 4.19. The molecule has 0 saturated carbocycles. The van der Waals surface area contributed by atoms with E-state index in [1.165, 1.54) is 0 Å². The predicted molar refractivity (Wildman–Crippen MR) is 112 cm³/mol. The average Bonchev–Trinajstić information content (AvgIpc) is 3.45. The molecular weight excluding hydrogens is 421 g/mol. The zero-order valence-electron chi connectivity index (χ0n) is 18.6. The second-order valence-corrected chi connectivity index (χ2v) is 8.86. The van der Waals surface area contributed by atoms with E-state index in [0.29, 0.717) is 37.4 Å². The van der Waals surface area contributed by atoms with Crippen LogP contribution in [-0.4, -0.2) is 48.0 Å². The number of hydrogen-bond donors (Lipinski definition) is 0. The minimum atomic E-state index is -4.54. The van der Waals surface area contributed by atoms with Crippen molar-refractivity contribution < 1.29 is 18.0 Å². The van der Waals surface area contributed by atoms with E-state index in [1.54, 1.807) is 17.2 Å². The van der Waals surface area contributed by atoms with E-state index in [0.717, 1.165) is 16.4 Å². The minimum Gasteiger partial charge on any atom is -0.342 e. The summed E-state index contributed by atoms with van der Waals surface area (Å²) in [6.07, 6.45) is -0.327. The van der Waals surface area contributed by atoms with Gasteiger partial charge in [0.05, 0.1) is 11.6 Å². The van der Waals surface area contributed by atoms with Crippen LogP contribution in [0.2, 0.25) is 0 Å². The number of fused-ring (bicyclic) bond motifs is 1. The van der Waals surface area contributed by atoms with Crippen LogP contribution >= 0.6 is 0 Å². The number of imidazole rings is 1. The van der Waals surface area contributed by atoms with Crippen molar-refractivity contribution >= 4 is 11.6 Å². The van der Waals surface area contributed by atoms with E-state index < -0.39 is 11.9 Å². The summed E-state index contributed by atoms with van der Waals surface area (Å²) < 4.78 is 43.7. The first kappa shape index (κ1) is 22.3. The summed E-state index contributed by atoms with van der Waals surface area (Å²) in [6.45, 7) is 8.92. The molecule has 3 aromatic heterocycles. The van der Waals surface area contributed by atoms with Gasteiger partial charge in [0.25, 0.3) is 0 Å². The quantitative estimate of drug-likeness (QED) is 0.591. The molecule has 0 N–H and O–H groups in total. The molecule has 3 aromatic rings. The number of aryl methyl sites for hydroxylation is 1. The molecule has 172 valence electrons. The SMILES string of the molecule is Cc1nccn1C[C@H](C)C(=O)N1CC[C@@H](c2cc3nc(C(C)C)cc(C(F)(F)F)n3n2)C1. The lowest BCUT2D eigenvalue weighted by Crippen LogP contribution is -2.35. The summed E-state index contributed by atoms with van der Waals surface area (Å²) in [6, 6.07) is 2.69. The van der Waals surface area contributed by atoms with Crippen LogP contribution in [0.15, 0.2) is 24.5 Å². The third-order valence-electron chi connectivity index (χ3n) is 6.08. The van der Waals surface area contributed by atoms with Gasteiger partial charge in [0, 0.05) is 49.7 Å². The van der Waals surface area contributed by atoms with Gasteiger partial charge in [-0.3, -0.25) is 4.79 Å². The van der Waals surface area contributed by atoms with Crippen molar-refractivity contribution in [2.45, 2.75) is 58.7 Å². The number of carbonyl (C=O) groups is 1. The van der Waals surface area contributed by atoms with Crippen molar-refractivity contribution in [3.8, 4) is 0 Å². The van der Waals surface area contributed by atoms with Crippen molar-refractivity contribution in [2.24, 2.45) is 5.92 Å². The Morgan fingerprint density at radius 2 is 2.00 bits per heavy atom. The van der Waals surface area contributed by atoms with Gasteiger partial charge in [-0.15, -0.1) is 0 Å². The molecule has 32 heavy (non-hydrogen) atoms. The molecular formula is C22H27F3N6O. The fraction of sp³-hybridized carbons (Fsp3) is 0.545. The Morgan fingerprint density at radius 3 is 2.62 bits per heavy atom. The van der Waals surface area contributed by atoms with Gasteiger partial charge in [0.2, 0.25) is 5.91 Å². The molecule has 0 aliphatic carbocycles. The Bertz CT molecular complexity index is 1130. The topological polar surface area (TPSA) is 68.3 Å². The minimum absolute atomic E-state index is 0.0283. The predicted octanol–water partition coefficient (Wildman–Crippen LogP) is 4.03. The largest absolute Gasteiger partial charge is 0.433 e. The van der Waals surface area contributed by atoms with Gasteiger partial charge in [0.1, 0.15) is 11.5 Å². The molecule has 1 saturated heterocycles. The van der Waals surface area contributed by atoms with Crippen LogP contribution < -0.4 is 0 Å². The smallest absolute Gasteiger partial charge is 0.342 e. The van der Waals surface area contributed by atoms with Crippen LogP contribution in [0.4, 0.5) is 13.2 Å². The molecule has 4 heterocycles. The zero-order valence-corrected chi connectivity index (χ0v) is 18.6. The maximum Gasteiger partial charge on any atom is 0.433 e. The first-order valence-electron chi connectivity index (χ1n) is 10.8. The molecule has 0 radical (unpaired) electrons. The molecule has 0 bridgehead atoms. The number of halogens is 3. The maximum absolute atomic E-state index is 13.6. The molecule has 1 fully saturated rings. The van der Waals surface area contributed by atoms with Crippen molar-refractivity contribution in [3.05, 3.63) is 47.4 Å². The lowest BCUT2D eigenvalue weighted by molar-refractivity contribution is -0.142.